The van der Waals surface area contributed by atoms with Crippen molar-refractivity contribution in [2.24, 2.45) is 0 Å². The van der Waals surface area contributed by atoms with Gasteiger partial charge in [0.05, 0.1) is 13.1 Å². The second-order valence-corrected chi connectivity index (χ2v) is 6.47. The molecule has 112 valence electrons. The highest BCUT2D eigenvalue weighted by Crippen LogP contribution is 2.22. The van der Waals surface area contributed by atoms with Gasteiger partial charge in [-0.05, 0) is 31.5 Å². The molecule has 1 aromatic rings. The van der Waals surface area contributed by atoms with Crippen LogP contribution in [-0.2, 0) is 13.1 Å². The normalized spacial score (nSPS) is 24.4. The van der Waals surface area contributed by atoms with Crippen molar-refractivity contribution < 1.29 is 4.42 Å². The van der Waals surface area contributed by atoms with Gasteiger partial charge in [-0.3, -0.25) is 9.80 Å². The number of nitrogens with zero attached hydrogens (tertiary/aromatic N) is 2. The van der Waals surface area contributed by atoms with Crippen molar-refractivity contribution in [1.29, 1.82) is 0 Å². The van der Waals surface area contributed by atoms with Crippen LogP contribution in [-0.4, -0.2) is 48.1 Å². The molecule has 2 fully saturated rings. The smallest absolute Gasteiger partial charge is 0.118 e. The third kappa shape index (κ3) is 3.43. The van der Waals surface area contributed by atoms with Crippen molar-refractivity contribution >= 4 is 0 Å². The highest BCUT2D eigenvalue weighted by Gasteiger charge is 2.30. The molecule has 4 nitrogen and oxygen atoms in total. The molecule has 2 aliphatic rings. The van der Waals surface area contributed by atoms with Crippen LogP contribution in [0.15, 0.2) is 16.5 Å². The summed E-state index contributed by atoms with van der Waals surface area (Å²) in [4.78, 5) is 5.20. The van der Waals surface area contributed by atoms with Crippen LogP contribution in [0.5, 0.6) is 0 Å². The van der Waals surface area contributed by atoms with Gasteiger partial charge in [0.1, 0.15) is 11.5 Å². The fourth-order valence-electron chi connectivity index (χ4n) is 3.33. The van der Waals surface area contributed by atoms with E-state index in [9.17, 15) is 0 Å². The third-order valence-corrected chi connectivity index (χ3v) is 4.45. The zero-order chi connectivity index (χ0) is 13.9. The Hall–Kier alpha value is -0.840. The molecule has 0 spiro atoms. The molecular weight excluding hydrogens is 250 g/mol. The van der Waals surface area contributed by atoms with Crippen molar-refractivity contribution in [2.45, 2.75) is 51.9 Å². The van der Waals surface area contributed by atoms with Crippen molar-refractivity contribution in [3.63, 3.8) is 0 Å². The fourth-order valence-corrected chi connectivity index (χ4v) is 3.33. The molecule has 1 atom stereocenters. The lowest BCUT2D eigenvalue weighted by Crippen LogP contribution is -2.49. The summed E-state index contributed by atoms with van der Waals surface area (Å²) in [6.07, 6.45) is 2.75. The minimum absolute atomic E-state index is 0.499. The van der Waals surface area contributed by atoms with Gasteiger partial charge < -0.3 is 9.73 Å². The van der Waals surface area contributed by atoms with E-state index in [0.29, 0.717) is 6.04 Å². The summed E-state index contributed by atoms with van der Waals surface area (Å²) in [6, 6.07) is 5.54. The topological polar surface area (TPSA) is 31.6 Å². The predicted octanol–water partition coefficient (Wildman–Crippen LogP) is 2.06. The Bertz CT molecular complexity index is 429. The van der Waals surface area contributed by atoms with Gasteiger partial charge in [0.2, 0.25) is 0 Å². The molecule has 0 amide bonds. The maximum atomic E-state index is 5.93. The molecule has 0 radical (unpaired) electrons. The Balaban J connectivity index is 1.50. The molecular formula is C16H27N3O. The van der Waals surface area contributed by atoms with Gasteiger partial charge in [0, 0.05) is 31.7 Å². The number of furan rings is 1. The Morgan fingerprint density at radius 1 is 1.25 bits per heavy atom. The van der Waals surface area contributed by atoms with Gasteiger partial charge in [-0.2, -0.15) is 0 Å². The first-order chi connectivity index (χ1) is 9.70. The first-order valence-electron chi connectivity index (χ1n) is 7.98. The molecule has 4 heteroatoms. The van der Waals surface area contributed by atoms with Gasteiger partial charge >= 0.3 is 0 Å². The summed E-state index contributed by atoms with van der Waals surface area (Å²) in [5.74, 6) is 2.16. The molecule has 0 aromatic carbocycles. The molecule has 0 saturated carbocycles. The van der Waals surface area contributed by atoms with Crippen molar-refractivity contribution in [2.75, 3.05) is 26.2 Å². The summed E-state index contributed by atoms with van der Waals surface area (Å²) < 4.78 is 5.93. The molecule has 20 heavy (non-hydrogen) atoms. The van der Waals surface area contributed by atoms with Gasteiger partial charge in [0.15, 0.2) is 0 Å². The monoisotopic (exact) mass is 277 g/mol. The van der Waals surface area contributed by atoms with E-state index in [1.54, 1.807) is 0 Å². The van der Waals surface area contributed by atoms with Crippen molar-refractivity contribution in [3.8, 4) is 0 Å². The van der Waals surface area contributed by atoms with E-state index in [2.05, 4.69) is 41.1 Å². The van der Waals surface area contributed by atoms with Crippen molar-refractivity contribution in [1.82, 2.24) is 15.1 Å². The van der Waals surface area contributed by atoms with E-state index >= 15 is 0 Å². The standard InChI is InChI=1S/C16H27N3O/c1-13(2)17-10-15-5-6-16(20-15)12-18-8-9-19-7-3-4-14(19)11-18/h5-6,13-14,17H,3-4,7-12H2,1-2H3. The van der Waals surface area contributed by atoms with E-state index in [0.717, 1.165) is 30.7 Å². The maximum Gasteiger partial charge on any atom is 0.118 e. The molecule has 3 heterocycles. The van der Waals surface area contributed by atoms with Crippen LogP contribution in [0.1, 0.15) is 38.2 Å². The van der Waals surface area contributed by atoms with Crippen LogP contribution in [0.4, 0.5) is 0 Å². The summed E-state index contributed by atoms with van der Waals surface area (Å²) in [5, 5.41) is 3.39. The van der Waals surface area contributed by atoms with Gasteiger partial charge in [-0.15, -0.1) is 0 Å². The maximum absolute atomic E-state index is 5.93. The third-order valence-electron chi connectivity index (χ3n) is 4.45. The molecule has 1 aromatic heterocycles. The lowest BCUT2D eigenvalue weighted by Gasteiger charge is -2.37. The molecule has 2 saturated heterocycles. The number of hydrogen-bond donors (Lipinski definition) is 1. The summed E-state index contributed by atoms with van der Waals surface area (Å²) in [5.41, 5.74) is 0. The largest absolute Gasteiger partial charge is 0.463 e. The zero-order valence-corrected chi connectivity index (χ0v) is 12.8. The van der Waals surface area contributed by atoms with Crippen LogP contribution >= 0.6 is 0 Å². The molecule has 2 aliphatic heterocycles. The average Bonchev–Trinajstić information content (AvgIpc) is 3.04. The SMILES string of the molecule is CC(C)NCc1ccc(CN2CCN3CCCC3C2)o1. The highest BCUT2D eigenvalue weighted by molar-refractivity contribution is 5.07. The average molecular weight is 277 g/mol. The Kier molecular flexibility index (Phi) is 4.44. The number of hydrogen-bond acceptors (Lipinski definition) is 4. The molecule has 3 rings (SSSR count). The minimum atomic E-state index is 0.499. The number of piperazine rings is 1. The van der Waals surface area contributed by atoms with Crippen molar-refractivity contribution in [3.05, 3.63) is 23.7 Å². The molecule has 0 aliphatic carbocycles. The Morgan fingerprint density at radius 3 is 2.95 bits per heavy atom. The van der Waals surface area contributed by atoms with Crippen LogP contribution in [0.3, 0.4) is 0 Å². The second-order valence-electron chi connectivity index (χ2n) is 6.47. The quantitative estimate of drug-likeness (QED) is 0.893. The van der Waals surface area contributed by atoms with E-state index in [1.807, 2.05) is 0 Å². The fraction of sp³-hybridized carbons (Fsp3) is 0.750. The van der Waals surface area contributed by atoms with E-state index in [1.165, 1.54) is 39.0 Å². The highest BCUT2D eigenvalue weighted by atomic mass is 16.3. The Labute approximate surface area is 122 Å². The summed E-state index contributed by atoms with van der Waals surface area (Å²) in [6.45, 7) is 11.0. The predicted molar refractivity (Wildman–Crippen MR) is 80.6 cm³/mol. The van der Waals surface area contributed by atoms with Crippen LogP contribution in [0.2, 0.25) is 0 Å². The van der Waals surface area contributed by atoms with Crippen LogP contribution < -0.4 is 5.32 Å². The lowest BCUT2D eigenvalue weighted by molar-refractivity contribution is 0.0937. The summed E-state index contributed by atoms with van der Waals surface area (Å²) in [7, 11) is 0. The number of rotatable bonds is 5. The first-order valence-corrected chi connectivity index (χ1v) is 7.98. The van der Waals surface area contributed by atoms with Gasteiger partial charge in [-0.25, -0.2) is 0 Å². The molecule has 1 N–H and O–H groups in total. The Morgan fingerprint density at radius 2 is 2.10 bits per heavy atom. The van der Waals surface area contributed by atoms with Crippen LogP contribution in [0, 0.1) is 0 Å². The van der Waals surface area contributed by atoms with Crippen LogP contribution in [0.25, 0.3) is 0 Å². The first kappa shape index (κ1) is 14.1. The van der Waals surface area contributed by atoms with Gasteiger partial charge in [-0.1, -0.05) is 13.8 Å². The molecule has 0 bridgehead atoms. The van der Waals surface area contributed by atoms with E-state index < -0.39 is 0 Å². The number of nitrogens with one attached hydrogen (secondary N) is 1. The lowest BCUT2D eigenvalue weighted by atomic mass is 10.1. The minimum Gasteiger partial charge on any atom is -0.463 e. The number of fused-ring (bicyclic) bond motifs is 1. The zero-order valence-electron chi connectivity index (χ0n) is 12.8. The van der Waals surface area contributed by atoms with Gasteiger partial charge in [0.25, 0.3) is 0 Å². The van der Waals surface area contributed by atoms with E-state index in [4.69, 9.17) is 4.42 Å². The van der Waals surface area contributed by atoms with E-state index in [-0.39, 0.29) is 0 Å². The summed E-state index contributed by atoms with van der Waals surface area (Å²) >= 11 is 0. The second kappa shape index (κ2) is 6.29. The molecule has 1 unspecified atom stereocenters.